The summed E-state index contributed by atoms with van der Waals surface area (Å²) in [6, 6.07) is 2.13. The lowest BCUT2D eigenvalue weighted by atomic mass is 10.1. The van der Waals surface area contributed by atoms with Gasteiger partial charge in [-0.25, -0.2) is 0 Å². The van der Waals surface area contributed by atoms with Crippen molar-refractivity contribution in [2.75, 3.05) is 5.88 Å². The molecule has 1 aromatic rings. The number of hydrogen-bond donors (Lipinski definition) is 0. The van der Waals surface area contributed by atoms with E-state index in [9.17, 15) is 0 Å². The molecule has 0 amide bonds. The second-order valence-corrected chi connectivity index (χ2v) is 3.53. The molecule has 0 aliphatic heterocycles. The van der Waals surface area contributed by atoms with Crippen molar-refractivity contribution >= 4 is 28.5 Å². The number of rotatable bonds is 3. The van der Waals surface area contributed by atoms with Crippen molar-refractivity contribution in [2.24, 2.45) is 0 Å². The van der Waals surface area contributed by atoms with Crippen LogP contribution in [0.3, 0.4) is 0 Å². The zero-order chi connectivity index (χ0) is 8.10. The van der Waals surface area contributed by atoms with E-state index in [1.54, 1.807) is 11.3 Å². The summed E-state index contributed by atoms with van der Waals surface area (Å²) in [5, 5.41) is 4.24. The van der Waals surface area contributed by atoms with E-state index >= 15 is 0 Å². The molecule has 0 aliphatic rings. The van der Waals surface area contributed by atoms with E-state index in [1.807, 2.05) is 0 Å². The second-order valence-electron chi connectivity index (χ2n) is 2.38. The van der Waals surface area contributed by atoms with Crippen LogP contribution in [0.25, 0.3) is 5.57 Å². The van der Waals surface area contributed by atoms with Gasteiger partial charge >= 0.3 is 0 Å². The lowest BCUT2D eigenvalue weighted by Crippen LogP contribution is -1.74. The number of thiophene rings is 1. The summed E-state index contributed by atoms with van der Waals surface area (Å²) in [7, 11) is 0. The van der Waals surface area contributed by atoms with Gasteiger partial charge < -0.3 is 0 Å². The summed E-state index contributed by atoms with van der Waals surface area (Å²) >= 11 is 7.29. The van der Waals surface area contributed by atoms with Gasteiger partial charge in [0.1, 0.15) is 0 Å². The molecule has 0 spiro atoms. The van der Waals surface area contributed by atoms with Crippen LogP contribution in [0.1, 0.15) is 18.9 Å². The molecular formula is C9H11ClS. The predicted molar refractivity (Wildman–Crippen MR) is 53.3 cm³/mol. The fourth-order valence-electron chi connectivity index (χ4n) is 0.878. The Balaban J connectivity index is 2.62. The van der Waals surface area contributed by atoms with Crippen molar-refractivity contribution in [1.29, 1.82) is 0 Å². The van der Waals surface area contributed by atoms with Crippen molar-refractivity contribution in [3.63, 3.8) is 0 Å². The SMILES string of the molecule is C/C(=C/CCCl)c1ccsc1. The first-order chi connectivity index (χ1) is 5.34. The Labute approximate surface area is 76.5 Å². The van der Waals surface area contributed by atoms with Gasteiger partial charge in [0, 0.05) is 5.88 Å². The molecule has 0 N–H and O–H groups in total. The molecule has 0 saturated carbocycles. The molecule has 60 valence electrons. The summed E-state index contributed by atoms with van der Waals surface area (Å²) < 4.78 is 0. The number of halogens is 1. The quantitative estimate of drug-likeness (QED) is 0.631. The van der Waals surface area contributed by atoms with Crippen LogP contribution in [0.2, 0.25) is 0 Å². The van der Waals surface area contributed by atoms with Crippen LogP contribution in [0, 0.1) is 0 Å². The third-order valence-corrected chi connectivity index (χ3v) is 2.44. The average Bonchev–Trinajstić information content (AvgIpc) is 2.52. The Morgan fingerprint density at radius 1 is 1.73 bits per heavy atom. The highest BCUT2D eigenvalue weighted by molar-refractivity contribution is 7.08. The first-order valence-corrected chi connectivity index (χ1v) is 5.07. The molecule has 0 unspecified atom stereocenters. The van der Waals surface area contributed by atoms with Crippen molar-refractivity contribution in [3.8, 4) is 0 Å². The maximum atomic E-state index is 5.57. The molecule has 1 rings (SSSR count). The normalized spacial score (nSPS) is 12.0. The summed E-state index contributed by atoms with van der Waals surface area (Å²) in [5.74, 6) is 0.710. The summed E-state index contributed by atoms with van der Waals surface area (Å²) in [4.78, 5) is 0. The van der Waals surface area contributed by atoms with E-state index in [4.69, 9.17) is 11.6 Å². The van der Waals surface area contributed by atoms with E-state index in [1.165, 1.54) is 11.1 Å². The van der Waals surface area contributed by atoms with Crippen LogP contribution < -0.4 is 0 Å². The van der Waals surface area contributed by atoms with Crippen LogP contribution in [-0.2, 0) is 0 Å². The summed E-state index contributed by atoms with van der Waals surface area (Å²) in [5.41, 5.74) is 2.65. The number of alkyl halides is 1. The molecule has 0 saturated heterocycles. The molecule has 0 aliphatic carbocycles. The van der Waals surface area contributed by atoms with Crippen LogP contribution >= 0.6 is 22.9 Å². The van der Waals surface area contributed by atoms with E-state index in [-0.39, 0.29) is 0 Å². The molecule has 0 fully saturated rings. The molecule has 11 heavy (non-hydrogen) atoms. The van der Waals surface area contributed by atoms with Gasteiger partial charge in [0.05, 0.1) is 0 Å². The molecule has 2 heteroatoms. The second kappa shape index (κ2) is 4.58. The highest BCUT2D eigenvalue weighted by Gasteiger charge is 1.93. The minimum Gasteiger partial charge on any atom is -0.152 e. The van der Waals surface area contributed by atoms with E-state index < -0.39 is 0 Å². The minimum absolute atomic E-state index is 0.710. The fraction of sp³-hybridized carbons (Fsp3) is 0.333. The predicted octanol–water partition coefficient (Wildman–Crippen LogP) is 3.78. The molecule has 0 nitrogen and oxygen atoms in total. The lowest BCUT2D eigenvalue weighted by Gasteiger charge is -1.94. The Hall–Kier alpha value is -0.270. The molecule has 0 bridgehead atoms. The van der Waals surface area contributed by atoms with E-state index in [2.05, 4.69) is 29.8 Å². The first kappa shape index (κ1) is 8.82. The van der Waals surface area contributed by atoms with Crippen molar-refractivity contribution < 1.29 is 0 Å². The Morgan fingerprint density at radius 3 is 3.09 bits per heavy atom. The molecule has 0 radical (unpaired) electrons. The molecule has 0 atom stereocenters. The number of hydrogen-bond acceptors (Lipinski definition) is 1. The Bertz CT molecular complexity index is 224. The van der Waals surface area contributed by atoms with Crippen molar-refractivity contribution in [2.45, 2.75) is 13.3 Å². The molecule has 1 aromatic heterocycles. The topological polar surface area (TPSA) is 0 Å². The van der Waals surface area contributed by atoms with E-state index in [0.717, 1.165) is 6.42 Å². The molecule has 1 heterocycles. The average molecular weight is 187 g/mol. The van der Waals surface area contributed by atoms with Crippen LogP contribution in [0.5, 0.6) is 0 Å². The van der Waals surface area contributed by atoms with Gasteiger partial charge in [-0.05, 0) is 41.3 Å². The maximum absolute atomic E-state index is 5.57. The largest absolute Gasteiger partial charge is 0.152 e. The zero-order valence-electron chi connectivity index (χ0n) is 6.51. The van der Waals surface area contributed by atoms with Crippen LogP contribution in [0.4, 0.5) is 0 Å². The van der Waals surface area contributed by atoms with Gasteiger partial charge in [0.25, 0.3) is 0 Å². The third-order valence-electron chi connectivity index (χ3n) is 1.54. The van der Waals surface area contributed by atoms with Gasteiger partial charge in [-0.1, -0.05) is 6.08 Å². The van der Waals surface area contributed by atoms with E-state index in [0.29, 0.717) is 5.88 Å². The third kappa shape index (κ3) is 2.68. The minimum atomic E-state index is 0.710. The van der Waals surface area contributed by atoms with Crippen molar-refractivity contribution in [3.05, 3.63) is 28.5 Å². The summed E-state index contributed by atoms with van der Waals surface area (Å²) in [6.07, 6.45) is 3.14. The van der Waals surface area contributed by atoms with Gasteiger partial charge in [0.15, 0.2) is 0 Å². The first-order valence-electron chi connectivity index (χ1n) is 3.60. The van der Waals surface area contributed by atoms with Crippen molar-refractivity contribution in [1.82, 2.24) is 0 Å². The molecule has 0 aromatic carbocycles. The van der Waals surface area contributed by atoms with Gasteiger partial charge in [-0.3, -0.25) is 0 Å². The Morgan fingerprint density at radius 2 is 2.55 bits per heavy atom. The van der Waals surface area contributed by atoms with Crippen LogP contribution in [0.15, 0.2) is 22.9 Å². The van der Waals surface area contributed by atoms with Gasteiger partial charge in [-0.2, -0.15) is 11.3 Å². The standard InChI is InChI=1S/C9H11ClS/c1-8(3-2-5-10)9-4-6-11-7-9/h3-4,6-7H,2,5H2,1H3/b8-3-. The zero-order valence-corrected chi connectivity index (χ0v) is 8.08. The molecular weight excluding hydrogens is 176 g/mol. The maximum Gasteiger partial charge on any atom is 0.0258 e. The van der Waals surface area contributed by atoms with Gasteiger partial charge in [-0.15, -0.1) is 11.6 Å². The Kier molecular flexibility index (Phi) is 3.67. The monoisotopic (exact) mass is 186 g/mol. The lowest BCUT2D eigenvalue weighted by molar-refractivity contribution is 1.23. The smallest absolute Gasteiger partial charge is 0.0258 e. The highest BCUT2D eigenvalue weighted by atomic mass is 35.5. The van der Waals surface area contributed by atoms with Gasteiger partial charge in [0.2, 0.25) is 0 Å². The highest BCUT2D eigenvalue weighted by Crippen LogP contribution is 2.17. The number of allylic oxidation sites excluding steroid dienone is 2. The fourth-order valence-corrected chi connectivity index (χ4v) is 1.70. The van der Waals surface area contributed by atoms with Crippen LogP contribution in [-0.4, -0.2) is 5.88 Å². The summed E-state index contributed by atoms with van der Waals surface area (Å²) in [6.45, 7) is 2.12.